The van der Waals surface area contributed by atoms with Crippen LogP contribution in [0.15, 0.2) is 24.3 Å². The first kappa shape index (κ1) is 12.4. The molecule has 1 fully saturated rings. The van der Waals surface area contributed by atoms with Gasteiger partial charge in [0.15, 0.2) is 0 Å². The van der Waals surface area contributed by atoms with E-state index in [9.17, 15) is 9.59 Å². The summed E-state index contributed by atoms with van der Waals surface area (Å²) in [7, 11) is 0. The molecule has 0 saturated heterocycles. The van der Waals surface area contributed by atoms with E-state index in [0.29, 0.717) is 5.69 Å². The normalized spacial score (nSPS) is 16.0. The molecule has 1 aromatic carbocycles. The Labute approximate surface area is 105 Å². The van der Waals surface area contributed by atoms with Gasteiger partial charge in [-0.1, -0.05) is 12.1 Å². The highest BCUT2D eigenvalue weighted by atomic mass is 16.4. The summed E-state index contributed by atoms with van der Waals surface area (Å²) in [5.41, 5.74) is 7.00. The minimum atomic E-state index is -0.960. The molecular weight excluding hydrogens is 232 g/mol. The lowest BCUT2D eigenvalue weighted by Gasteiger charge is -2.13. The largest absolute Gasteiger partial charge is 0.480 e. The summed E-state index contributed by atoms with van der Waals surface area (Å²) >= 11 is 0. The second-order valence-electron chi connectivity index (χ2n) is 4.64. The molecule has 96 valence electrons. The van der Waals surface area contributed by atoms with Gasteiger partial charge in [0.1, 0.15) is 6.04 Å². The van der Waals surface area contributed by atoms with Crippen LogP contribution in [0.1, 0.15) is 18.4 Å². The SMILES string of the molecule is Nc1cccc(CC(=O)NC(C(=O)O)C2CC2)c1. The number of carbonyl (C=O) groups excluding carboxylic acids is 1. The lowest BCUT2D eigenvalue weighted by molar-refractivity contribution is -0.142. The van der Waals surface area contributed by atoms with Gasteiger partial charge in [0.25, 0.3) is 0 Å². The molecule has 4 N–H and O–H groups in total. The molecule has 0 bridgehead atoms. The third kappa shape index (κ3) is 3.23. The number of rotatable bonds is 5. The third-order valence-electron chi connectivity index (χ3n) is 2.99. The Morgan fingerprint density at radius 3 is 2.72 bits per heavy atom. The van der Waals surface area contributed by atoms with Gasteiger partial charge in [-0.2, -0.15) is 0 Å². The molecule has 1 atom stereocenters. The van der Waals surface area contributed by atoms with Gasteiger partial charge < -0.3 is 16.2 Å². The zero-order chi connectivity index (χ0) is 13.1. The molecule has 0 aromatic heterocycles. The van der Waals surface area contributed by atoms with Crippen molar-refractivity contribution in [3.63, 3.8) is 0 Å². The van der Waals surface area contributed by atoms with Gasteiger partial charge in [-0.25, -0.2) is 4.79 Å². The van der Waals surface area contributed by atoms with Crippen molar-refractivity contribution in [1.82, 2.24) is 5.32 Å². The first-order valence-corrected chi connectivity index (χ1v) is 5.93. The highest BCUT2D eigenvalue weighted by Gasteiger charge is 2.37. The number of carboxylic acid groups (broad SMARTS) is 1. The Balaban J connectivity index is 1.93. The smallest absolute Gasteiger partial charge is 0.326 e. The van der Waals surface area contributed by atoms with Crippen molar-refractivity contribution < 1.29 is 14.7 Å². The number of aliphatic carboxylic acids is 1. The van der Waals surface area contributed by atoms with Crippen molar-refractivity contribution in [2.24, 2.45) is 5.92 Å². The van der Waals surface area contributed by atoms with E-state index < -0.39 is 12.0 Å². The molecule has 1 amide bonds. The molecule has 5 nitrogen and oxygen atoms in total. The summed E-state index contributed by atoms with van der Waals surface area (Å²) in [5.74, 6) is -1.15. The number of carbonyl (C=O) groups is 2. The Bertz CT molecular complexity index is 469. The van der Waals surface area contributed by atoms with Gasteiger partial charge in [0, 0.05) is 5.69 Å². The van der Waals surface area contributed by atoms with Crippen LogP contribution in [0.5, 0.6) is 0 Å². The third-order valence-corrected chi connectivity index (χ3v) is 2.99. The lowest BCUT2D eigenvalue weighted by Crippen LogP contribution is -2.43. The van der Waals surface area contributed by atoms with Gasteiger partial charge in [-0.05, 0) is 36.5 Å². The number of hydrogen-bond donors (Lipinski definition) is 3. The maximum absolute atomic E-state index is 11.8. The van der Waals surface area contributed by atoms with Crippen LogP contribution >= 0.6 is 0 Å². The fourth-order valence-electron chi connectivity index (χ4n) is 1.92. The average Bonchev–Trinajstić information content (AvgIpc) is 3.09. The van der Waals surface area contributed by atoms with Crippen molar-refractivity contribution in [2.75, 3.05) is 5.73 Å². The molecule has 18 heavy (non-hydrogen) atoms. The van der Waals surface area contributed by atoms with Crippen LogP contribution < -0.4 is 11.1 Å². The molecule has 5 heteroatoms. The number of amides is 1. The summed E-state index contributed by atoms with van der Waals surface area (Å²) in [5, 5.41) is 11.6. The molecule has 1 saturated carbocycles. The highest BCUT2D eigenvalue weighted by molar-refractivity contribution is 5.85. The molecule has 0 heterocycles. The molecule has 1 aliphatic rings. The van der Waals surface area contributed by atoms with E-state index in [1.807, 2.05) is 0 Å². The monoisotopic (exact) mass is 248 g/mol. The van der Waals surface area contributed by atoms with E-state index >= 15 is 0 Å². The van der Waals surface area contributed by atoms with E-state index in [1.54, 1.807) is 24.3 Å². The zero-order valence-electron chi connectivity index (χ0n) is 9.93. The van der Waals surface area contributed by atoms with E-state index in [-0.39, 0.29) is 18.2 Å². The molecule has 0 spiro atoms. The lowest BCUT2D eigenvalue weighted by atomic mass is 10.1. The van der Waals surface area contributed by atoms with Crippen molar-refractivity contribution in [1.29, 1.82) is 0 Å². The quantitative estimate of drug-likeness (QED) is 0.672. The molecule has 2 rings (SSSR count). The predicted molar refractivity (Wildman–Crippen MR) is 66.8 cm³/mol. The molecule has 1 unspecified atom stereocenters. The van der Waals surface area contributed by atoms with Gasteiger partial charge in [0.2, 0.25) is 5.91 Å². The van der Waals surface area contributed by atoms with Crippen molar-refractivity contribution >= 4 is 17.6 Å². The molecule has 0 aliphatic heterocycles. The first-order chi connectivity index (χ1) is 8.56. The summed E-state index contributed by atoms with van der Waals surface area (Å²) in [6.07, 6.45) is 1.90. The molecule has 1 aliphatic carbocycles. The van der Waals surface area contributed by atoms with Gasteiger partial charge in [0.05, 0.1) is 6.42 Å². The van der Waals surface area contributed by atoms with E-state index in [4.69, 9.17) is 10.8 Å². The number of nitrogen functional groups attached to an aromatic ring is 1. The van der Waals surface area contributed by atoms with Crippen molar-refractivity contribution in [3.05, 3.63) is 29.8 Å². The zero-order valence-corrected chi connectivity index (χ0v) is 9.93. The molecule has 0 radical (unpaired) electrons. The maximum Gasteiger partial charge on any atom is 0.326 e. The van der Waals surface area contributed by atoms with Gasteiger partial charge in [-0.15, -0.1) is 0 Å². The number of nitrogens with one attached hydrogen (secondary N) is 1. The number of anilines is 1. The van der Waals surface area contributed by atoms with E-state index in [1.165, 1.54) is 0 Å². The van der Waals surface area contributed by atoms with Crippen molar-refractivity contribution in [2.45, 2.75) is 25.3 Å². The van der Waals surface area contributed by atoms with Crippen LogP contribution in [0.4, 0.5) is 5.69 Å². The number of nitrogens with two attached hydrogens (primary N) is 1. The number of hydrogen-bond acceptors (Lipinski definition) is 3. The summed E-state index contributed by atoms with van der Waals surface area (Å²) in [6.45, 7) is 0. The predicted octanol–water partition coefficient (Wildman–Crippen LogP) is 0.791. The van der Waals surface area contributed by atoms with Gasteiger partial charge >= 0.3 is 5.97 Å². The van der Waals surface area contributed by atoms with Gasteiger partial charge in [-0.3, -0.25) is 4.79 Å². The van der Waals surface area contributed by atoms with E-state index in [2.05, 4.69) is 5.32 Å². The Morgan fingerprint density at radius 2 is 2.17 bits per heavy atom. The van der Waals surface area contributed by atoms with Crippen LogP contribution in [0.25, 0.3) is 0 Å². The Kier molecular flexibility index (Phi) is 3.50. The molecule has 1 aromatic rings. The van der Waals surface area contributed by atoms with E-state index in [0.717, 1.165) is 18.4 Å². The first-order valence-electron chi connectivity index (χ1n) is 5.93. The van der Waals surface area contributed by atoms with Crippen LogP contribution in [-0.4, -0.2) is 23.0 Å². The fraction of sp³-hybridized carbons (Fsp3) is 0.385. The van der Waals surface area contributed by atoms with Crippen LogP contribution in [0, 0.1) is 5.92 Å². The van der Waals surface area contributed by atoms with Crippen molar-refractivity contribution in [3.8, 4) is 0 Å². The fourth-order valence-corrected chi connectivity index (χ4v) is 1.92. The Hall–Kier alpha value is -2.04. The minimum Gasteiger partial charge on any atom is -0.480 e. The number of carboxylic acids is 1. The maximum atomic E-state index is 11.8. The minimum absolute atomic E-state index is 0.0901. The van der Waals surface area contributed by atoms with Crippen LogP contribution in [0.2, 0.25) is 0 Å². The average molecular weight is 248 g/mol. The van der Waals surface area contributed by atoms with Crippen LogP contribution in [-0.2, 0) is 16.0 Å². The number of benzene rings is 1. The second kappa shape index (κ2) is 5.08. The van der Waals surface area contributed by atoms with Crippen LogP contribution in [0.3, 0.4) is 0 Å². The molecular formula is C13H16N2O3. The summed E-state index contributed by atoms with van der Waals surface area (Å²) < 4.78 is 0. The highest BCUT2D eigenvalue weighted by Crippen LogP contribution is 2.32. The summed E-state index contributed by atoms with van der Waals surface area (Å²) in [4.78, 5) is 22.7. The standard InChI is InChI=1S/C13H16N2O3/c14-10-3-1-2-8(6-10)7-11(16)15-12(13(17)18)9-4-5-9/h1-3,6,9,12H,4-5,7,14H2,(H,15,16)(H,17,18). The second-order valence-corrected chi connectivity index (χ2v) is 4.64. The topological polar surface area (TPSA) is 92.4 Å². The summed E-state index contributed by atoms with van der Waals surface area (Å²) in [6, 6.07) is 6.27. The Morgan fingerprint density at radius 1 is 1.44 bits per heavy atom.